The fourth-order valence-electron chi connectivity index (χ4n) is 1.70. The molecule has 0 aliphatic heterocycles. The van der Waals surface area contributed by atoms with Crippen LogP contribution in [0.4, 0.5) is 10.1 Å². The van der Waals surface area contributed by atoms with Gasteiger partial charge in [-0.3, -0.25) is 4.72 Å². The van der Waals surface area contributed by atoms with E-state index in [4.69, 9.17) is 0 Å². The third kappa shape index (κ3) is 3.01. The Hall–Kier alpha value is -1.41. The maximum absolute atomic E-state index is 13.0. The van der Waals surface area contributed by atoms with Crippen molar-refractivity contribution in [1.82, 2.24) is 9.55 Å². The quantitative estimate of drug-likeness (QED) is 0.910. The van der Waals surface area contributed by atoms with Crippen LogP contribution in [0, 0.1) is 12.7 Å². The minimum atomic E-state index is -3.79. The summed E-state index contributed by atoms with van der Waals surface area (Å²) in [5, 5.41) is -0.0620. The van der Waals surface area contributed by atoms with Crippen molar-refractivity contribution in [3.8, 4) is 0 Å². The number of aryl methyl sites for hydroxylation is 2. The van der Waals surface area contributed by atoms with Crippen LogP contribution in [-0.2, 0) is 16.6 Å². The number of sulfonamides is 1. The van der Waals surface area contributed by atoms with Gasteiger partial charge in [0.05, 0.1) is 5.69 Å². The van der Waals surface area contributed by atoms with Gasteiger partial charge >= 0.3 is 0 Å². The summed E-state index contributed by atoms with van der Waals surface area (Å²) in [4.78, 5) is 4.02. The number of hydrogen-bond acceptors (Lipinski definition) is 3. The zero-order valence-electron chi connectivity index (χ0n) is 10.9. The molecule has 1 N–H and O–H groups in total. The predicted octanol–water partition coefficient (Wildman–Crippen LogP) is 2.91. The third-order valence-electron chi connectivity index (χ3n) is 2.75. The number of nitrogens with zero attached hydrogens (tertiary/aromatic N) is 2. The Morgan fingerprint density at radius 2 is 2.15 bits per heavy atom. The van der Waals surface area contributed by atoms with E-state index in [1.54, 1.807) is 11.5 Å². The summed E-state index contributed by atoms with van der Waals surface area (Å²) in [5.41, 5.74) is 0.259. The average Bonchev–Trinajstić information content (AvgIpc) is 2.75. The van der Waals surface area contributed by atoms with Gasteiger partial charge in [0.2, 0.25) is 0 Å². The second-order valence-corrected chi connectivity index (χ2v) is 6.63. The molecule has 2 aromatic rings. The maximum Gasteiger partial charge on any atom is 0.280 e. The Morgan fingerprint density at radius 3 is 2.70 bits per heavy atom. The molecule has 0 spiro atoms. The fraction of sp³-hybridized carbons (Fsp3) is 0.250. The number of imidazole rings is 1. The SMILES string of the molecule is CCn1cc(S(=O)(=O)Nc2ccc(F)cc2Br)nc1C. The van der Waals surface area contributed by atoms with Crippen LogP contribution in [0.5, 0.6) is 0 Å². The Labute approximate surface area is 125 Å². The van der Waals surface area contributed by atoms with Crippen LogP contribution in [0.15, 0.2) is 33.9 Å². The van der Waals surface area contributed by atoms with E-state index in [0.717, 1.165) is 0 Å². The highest BCUT2D eigenvalue weighted by Gasteiger charge is 2.20. The second-order valence-electron chi connectivity index (χ2n) is 4.14. The van der Waals surface area contributed by atoms with Crippen molar-refractivity contribution in [1.29, 1.82) is 0 Å². The maximum atomic E-state index is 13.0. The van der Waals surface area contributed by atoms with Crippen molar-refractivity contribution >= 4 is 31.6 Å². The monoisotopic (exact) mass is 361 g/mol. The van der Waals surface area contributed by atoms with Gasteiger partial charge in [-0.25, -0.2) is 9.37 Å². The van der Waals surface area contributed by atoms with E-state index in [0.29, 0.717) is 16.8 Å². The Morgan fingerprint density at radius 1 is 1.45 bits per heavy atom. The number of rotatable bonds is 4. The van der Waals surface area contributed by atoms with Gasteiger partial charge in [-0.2, -0.15) is 8.42 Å². The molecule has 5 nitrogen and oxygen atoms in total. The van der Waals surface area contributed by atoms with E-state index in [1.165, 1.54) is 24.4 Å². The molecule has 0 aliphatic carbocycles. The summed E-state index contributed by atoms with van der Waals surface area (Å²) in [6.45, 7) is 4.26. The normalized spacial score (nSPS) is 11.6. The first-order valence-corrected chi connectivity index (χ1v) is 8.12. The van der Waals surface area contributed by atoms with Gasteiger partial charge in [0, 0.05) is 17.2 Å². The van der Waals surface area contributed by atoms with Crippen molar-refractivity contribution in [3.63, 3.8) is 0 Å². The lowest BCUT2D eigenvalue weighted by atomic mass is 10.3. The van der Waals surface area contributed by atoms with Gasteiger partial charge in [-0.1, -0.05) is 0 Å². The van der Waals surface area contributed by atoms with Gasteiger partial charge in [-0.15, -0.1) is 0 Å². The minimum absolute atomic E-state index is 0.0620. The highest BCUT2D eigenvalue weighted by atomic mass is 79.9. The van der Waals surface area contributed by atoms with E-state index in [2.05, 4.69) is 25.6 Å². The van der Waals surface area contributed by atoms with Gasteiger partial charge in [0.25, 0.3) is 10.0 Å². The largest absolute Gasteiger partial charge is 0.334 e. The van der Waals surface area contributed by atoms with Crippen molar-refractivity contribution in [2.24, 2.45) is 0 Å². The summed E-state index contributed by atoms with van der Waals surface area (Å²) in [6, 6.07) is 3.72. The summed E-state index contributed by atoms with van der Waals surface area (Å²) in [5.74, 6) is 0.164. The summed E-state index contributed by atoms with van der Waals surface area (Å²) >= 11 is 3.11. The Bertz CT molecular complexity index is 743. The smallest absolute Gasteiger partial charge is 0.280 e. The molecular weight excluding hydrogens is 349 g/mol. The standard InChI is InChI=1S/C12H13BrFN3O2S/c1-3-17-7-12(15-8(17)2)20(18,19)16-11-5-4-9(14)6-10(11)13/h4-7,16H,3H2,1-2H3. The van der Waals surface area contributed by atoms with E-state index < -0.39 is 15.8 Å². The third-order valence-corrected chi connectivity index (χ3v) is 4.64. The summed E-state index contributed by atoms with van der Waals surface area (Å²) < 4.78 is 41.9. The lowest BCUT2D eigenvalue weighted by Gasteiger charge is -2.07. The average molecular weight is 362 g/mol. The number of hydrogen-bond donors (Lipinski definition) is 1. The molecule has 2 rings (SSSR count). The van der Waals surface area contributed by atoms with Crippen LogP contribution in [0.2, 0.25) is 0 Å². The number of nitrogens with one attached hydrogen (secondary N) is 1. The molecule has 0 amide bonds. The molecule has 20 heavy (non-hydrogen) atoms. The summed E-state index contributed by atoms with van der Waals surface area (Å²) in [6.07, 6.45) is 1.47. The number of anilines is 1. The zero-order valence-corrected chi connectivity index (χ0v) is 13.3. The molecule has 8 heteroatoms. The first-order valence-electron chi connectivity index (χ1n) is 5.85. The van der Waals surface area contributed by atoms with E-state index in [9.17, 15) is 12.8 Å². The van der Waals surface area contributed by atoms with Crippen LogP contribution in [0.3, 0.4) is 0 Å². The Balaban J connectivity index is 2.35. The van der Waals surface area contributed by atoms with Crippen molar-refractivity contribution in [3.05, 3.63) is 40.5 Å². The van der Waals surface area contributed by atoms with Gasteiger partial charge in [-0.05, 0) is 48.0 Å². The molecule has 0 aliphatic rings. The molecule has 0 atom stereocenters. The summed E-state index contributed by atoms with van der Waals surface area (Å²) in [7, 11) is -3.79. The zero-order chi connectivity index (χ0) is 14.9. The number of aromatic nitrogens is 2. The van der Waals surface area contributed by atoms with Gasteiger partial charge < -0.3 is 4.57 Å². The molecule has 0 bridgehead atoms. The molecule has 0 fully saturated rings. The van der Waals surface area contributed by atoms with Gasteiger partial charge in [0.15, 0.2) is 5.03 Å². The minimum Gasteiger partial charge on any atom is -0.334 e. The topological polar surface area (TPSA) is 64.0 Å². The van der Waals surface area contributed by atoms with Crippen molar-refractivity contribution < 1.29 is 12.8 Å². The highest BCUT2D eigenvalue weighted by molar-refractivity contribution is 9.10. The van der Waals surface area contributed by atoms with Crippen LogP contribution < -0.4 is 4.72 Å². The molecule has 1 aromatic heterocycles. The van der Waals surface area contributed by atoms with Gasteiger partial charge in [0.1, 0.15) is 11.6 Å². The molecule has 0 saturated carbocycles. The van der Waals surface area contributed by atoms with Crippen molar-refractivity contribution in [2.45, 2.75) is 25.4 Å². The second kappa shape index (κ2) is 5.53. The lowest BCUT2D eigenvalue weighted by Crippen LogP contribution is -2.14. The predicted molar refractivity (Wildman–Crippen MR) is 77.5 cm³/mol. The highest BCUT2D eigenvalue weighted by Crippen LogP contribution is 2.25. The molecular formula is C12H13BrFN3O2S. The van der Waals surface area contributed by atoms with Crippen LogP contribution in [-0.4, -0.2) is 18.0 Å². The van der Waals surface area contributed by atoms with E-state index in [1.807, 2.05) is 6.92 Å². The molecule has 1 aromatic carbocycles. The van der Waals surface area contributed by atoms with Crippen LogP contribution in [0.25, 0.3) is 0 Å². The number of benzene rings is 1. The first-order chi connectivity index (χ1) is 9.33. The van der Waals surface area contributed by atoms with Crippen molar-refractivity contribution in [2.75, 3.05) is 4.72 Å². The molecule has 0 saturated heterocycles. The molecule has 0 radical (unpaired) electrons. The van der Waals surface area contributed by atoms with Crippen LogP contribution >= 0.6 is 15.9 Å². The molecule has 1 heterocycles. The van der Waals surface area contributed by atoms with Crippen LogP contribution in [0.1, 0.15) is 12.7 Å². The lowest BCUT2D eigenvalue weighted by molar-refractivity contribution is 0.597. The number of halogens is 2. The van der Waals surface area contributed by atoms with E-state index in [-0.39, 0.29) is 10.7 Å². The Kier molecular flexibility index (Phi) is 4.14. The molecule has 0 unspecified atom stereocenters. The molecule has 108 valence electrons. The fourth-order valence-corrected chi connectivity index (χ4v) is 3.37. The first kappa shape index (κ1) is 15.0. The van der Waals surface area contributed by atoms with E-state index >= 15 is 0 Å².